The average molecular weight is 402 g/mol. The molecular weight excluding hydrogens is 388 g/mol. The van der Waals surface area contributed by atoms with Gasteiger partial charge in [0, 0.05) is 6.20 Å². The smallest absolute Gasteiger partial charge is 0.271 e. The molecule has 5 rings (SSSR count). The van der Waals surface area contributed by atoms with Crippen molar-refractivity contribution in [3.8, 4) is 11.5 Å². The minimum Gasteiger partial charge on any atom is -0.463 e. The number of furan rings is 1. The lowest BCUT2D eigenvalue weighted by Gasteiger charge is -2.08. The van der Waals surface area contributed by atoms with Gasteiger partial charge in [-0.15, -0.1) is 10.2 Å². The van der Waals surface area contributed by atoms with Crippen molar-refractivity contribution >= 4 is 23.1 Å². The quantitative estimate of drug-likeness (QED) is 0.447. The molecule has 0 aromatic carbocycles. The Morgan fingerprint density at radius 3 is 2.83 bits per heavy atom. The molecule has 5 aromatic heterocycles. The van der Waals surface area contributed by atoms with Crippen LogP contribution < -0.4 is 11.1 Å². The van der Waals surface area contributed by atoms with Crippen LogP contribution in [0.25, 0.3) is 22.7 Å². The summed E-state index contributed by atoms with van der Waals surface area (Å²) in [6, 6.07) is 10.5. The summed E-state index contributed by atoms with van der Waals surface area (Å²) in [5.41, 5.74) is 6.77. The lowest BCUT2D eigenvalue weighted by molar-refractivity contribution is 0.0943. The summed E-state index contributed by atoms with van der Waals surface area (Å²) < 4.78 is 8.77. The second-order valence-corrected chi connectivity index (χ2v) is 6.38. The molecule has 148 valence electrons. The fraction of sp³-hybridized carbons (Fsp3) is 0.0526. The van der Waals surface area contributed by atoms with Crippen molar-refractivity contribution in [2.24, 2.45) is 5.73 Å². The van der Waals surface area contributed by atoms with Gasteiger partial charge in [-0.3, -0.25) is 18.4 Å². The third-order valence-corrected chi connectivity index (χ3v) is 4.53. The molecular formula is C19H14N8O3. The van der Waals surface area contributed by atoms with Gasteiger partial charge in [0.15, 0.2) is 28.6 Å². The van der Waals surface area contributed by atoms with Crippen molar-refractivity contribution in [2.45, 2.75) is 6.54 Å². The summed E-state index contributed by atoms with van der Waals surface area (Å²) in [5, 5.41) is 10.9. The van der Waals surface area contributed by atoms with Gasteiger partial charge in [0.05, 0.1) is 18.5 Å². The molecule has 11 nitrogen and oxygen atoms in total. The number of amides is 2. The Hall–Kier alpha value is -4.54. The normalized spacial score (nSPS) is 11.2. The predicted octanol–water partition coefficient (Wildman–Crippen LogP) is 1.06. The first-order valence-corrected chi connectivity index (χ1v) is 8.90. The molecule has 0 saturated carbocycles. The first-order valence-electron chi connectivity index (χ1n) is 8.90. The number of hydrogen-bond donors (Lipinski definition) is 2. The van der Waals surface area contributed by atoms with Crippen molar-refractivity contribution in [1.82, 2.24) is 34.3 Å². The Morgan fingerprint density at radius 1 is 1.13 bits per heavy atom. The molecule has 3 N–H and O–H groups in total. The molecule has 0 bridgehead atoms. The average Bonchev–Trinajstić information content (AvgIpc) is 3.50. The van der Waals surface area contributed by atoms with E-state index in [1.165, 1.54) is 12.6 Å². The Morgan fingerprint density at radius 2 is 2.03 bits per heavy atom. The molecule has 0 fully saturated rings. The number of carbonyl (C=O) groups excluding carboxylic acids is 2. The van der Waals surface area contributed by atoms with E-state index in [1.54, 1.807) is 27.0 Å². The number of pyridine rings is 1. The fourth-order valence-electron chi connectivity index (χ4n) is 3.14. The molecule has 5 aromatic rings. The third-order valence-electron chi connectivity index (χ3n) is 4.53. The highest BCUT2D eigenvalue weighted by Gasteiger charge is 2.20. The van der Waals surface area contributed by atoms with Crippen molar-refractivity contribution < 1.29 is 14.0 Å². The van der Waals surface area contributed by atoms with E-state index in [-0.39, 0.29) is 23.6 Å². The lowest BCUT2D eigenvalue weighted by atomic mass is 10.2. The molecule has 0 aliphatic carbocycles. The number of aromatic nitrogens is 6. The van der Waals surface area contributed by atoms with Crippen LogP contribution in [0.15, 0.2) is 59.6 Å². The largest absolute Gasteiger partial charge is 0.463 e. The zero-order valence-electron chi connectivity index (χ0n) is 15.4. The van der Waals surface area contributed by atoms with Crippen LogP contribution in [0.4, 0.5) is 0 Å². The number of nitrogens with two attached hydrogens (primary N) is 1. The molecule has 11 heteroatoms. The second kappa shape index (κ2) is 6.81. The minimum atomic E-state index is -0.747. The van der Waals surface area contributed by atoms with Crippen LogP contribution in [0.3, 0.4) is 0 Å². The van der Waals surface area contributed by atoms with Gasteiger partial charge in [-0.2, -0.15) is 0 Å². The molecule has 2 amide bonds. The maximum Gasteiger partial charge on any atom is 0.271 e. The van der Waals surface area contributed by atoms with Crippen molar-refractivity contribution in [2.75, 3.05) is 0 Å². The number of nitrogens with one attached hydrogen (secondary N) is 1. The van der Waals surface area contributed by atoms with Gasteiger partial charge in [-0.1, -0.05) is 6.07 Å². The molecule has 0 unspecified atom stereocenters. The second-order valence-electron chi connectivity index (χ2n) is 6.38. The predicted molar refractivity (Wildman–Crippen MR) is 103 cm³/mol. The van der Waals surface area contributed by atoms with Gasteiger partial charge in [0.1, 0.15) is 12.0 Å². The van der Waals surface area contributed by atoms with Gasteiger partial charge in [-0.05, 0) is 30.3 Å². The van der Waals surface area contributed by atoms with Crippen molar-refractivity contribution in [3.05, 3.63) is 72.4 Å². The van der Waals surface area contributed by atoms with Crippen LogP contribution in [0.2, 0.25) is 0 Å². The van der Waals surface area contributed by atoms with E-state index in [0.29, 0.717) is 22.9 Å². The number of nitrogens with zero attached hydrogens (tertiary/aromatic N) is 6. The number of hydrogen-bond acceptors (Lipinski definition) is 7. The highest BCUT2D eigenvalue weighted by atomic mass is 16.3. The minimum absolute atomic E-state index is 0.0408. The molecule has 0 spiro atoms. The van der Waals surface area contributed by atoms with Gasteiger partial charge in [0.2, 0.25) is 0 Å². The first-order chi connectivity index (χ1) is 14.6. The monoisotopic (exact) mass is 402 g/mol. The Kier molecular flexibility index (Phi) is 3.98. The summed E-state index contributed by atoms with van der Waals surface area (Å²) >= 11 is 0. The number of imidazole rings is 1. The molecule has 0 saturated heterocycles. The van der Waals surface area contributed by atoms with E-state index in [0.717, 1.165) is 0 Å². The Balaban J connectivity index is 1.52. The molecule has 5 heterocycles. The Labute approximate surface area is 168 Å². The topological polar surface area (TPSA) is 146 Å². The van der Waals surface area contributed by atoms with Gasteiger partial charge in [-0.25, -0.2) is 9.97 Å². The van der Waals surface area contributed by atoms with E-state index in [1.807, 2.05) is 24.4 Å². The maximum absolute atomic E-state index is 12.8. The number of primary amides is 1. The maximum atomic E-state index is 12.8. The van der Waals surface area contributed by atoms with Gasteiger partial charge < -0.3 is 15.5 Å². The molecule has 0 aliphatic rings. The van der Waals surface area contributed by atoms with Crippen molar-refractivity contribution in [3.63, 3.8) is 0 Å². The molecule has 30 heavy (non-hydrogen) atoms. The Bertz CT molecular complexity index is 1400. The van der Waals surface area contributed by atoms with E-state index in [4.69, 9.17) is 10.2 Å². The standard InChI is InChI=1S/C19H14N8O3/c20-17(28)16-18-23-11(8-12(27(18)10-22-16)13-4-3-7-30-13)19(29)21-9-15-25-24-14-5-1-2-6-26(14)15/h1-8,10H,9H2,(H2,20,28)(H,21,29). The first kappa shape index (κ1) is 17.6. The zero-order valence-corrected chi connectivity index (χ0v) is 15.4. The van der Waals surface area contributed by atoms with Crippen LogP contribution in [0.5, 0.6) is 0 Å². The summed E-state index contributed by atoms with van der Waals surface area (Å²) in [6.07, 6.45) is 4.72. The van der Waals surface area contributed by atoms with Crippen LogP contribution in [0, 0.1) is 0 Å². The van der Waals surface area contributed by atoms with E-state index >= 15 is 0 Å². The van der Waals surface area contributed by atoms with Crippen molar-refractivity contribution in [1.29, 1.82) is 0 Å². The molecule has 0 aliphatic heterocycles. The third kappa shape index (κ3) is 2.85. The summed E-state index contributed by atoms with van der Waals surface area (Å²) in [5.74, 6) is -0.167. The van der Waals surface area contributed by atoms with Crippen LogP contribution in [-0.4, -0.2) is 40.8 Å². The summed E-state index contributed by atoms with van der Waals surface area (Å²) in [4.78, 5) is 32.9. The highest BCUT2D eigenvalue weighted by molar-refractivity contribution is 5.99. The fourth-order valence-corrected chi connectivity index (χ4v) is 3.14. The number of carbonyl (C=O) groups is 2. The summed E-state index contributed by atoms with van der Waals surface area (Å²) in [6.45, 7) is 0.134. The SMILES string of the molecule is NC(=O)c1ncn2c(-c3ccco3)cc(C(=O)NCc3nnc4ccccn34)nc12. The van der Waals surface area contributed by atoms with Gasteiger partial charge >= 0.3 is 0 Å². The molecule has 0 radical (unpaired) electrons. The van der Waals surface area contributed by atoms with Gasteiger partial charge in [0.25, 0.3) is 11.8 Å². The van der Waals surface area contributed by atoms with E-state index in [2.05, 4.69) is 25.5 Å². The molecule has 0 atom stereocenters. The highest BCUT2D eigenvalue weighted by Crippen LogP contribution is 2.23. The van der Waals surface area contributed by atoms with E-state index in [9.17, 15) is 9.59 Å². The number of fused-ring (bicyclic) bond motifs is 2. The summed E-state index contributed by atoms with van der Waals surface area (Å²) in [7, 11) is 0. The lowest BCUT2D eigenvalue weighted by Crippen LogP contribution is -2.25. The van der Waals surface area contributed by atoms with Crippen LogP contribution in [0.1, 0.15) is 26.8 Å². The van der Waals surface area contributed by atoms with E-state index < -0.39 is 11.8 Å². The number of rotatable bonds is 5. The zero-order chi connectivity index (χ0) is 20.7. The van der Waals surface area contributed by atoms with Crippen LogP contribution in [-0.2, 0) is 6.54 Å². The van der Waals surface area contributed by atoms with Crippen LogP contribution >= 0.6 is 0 Å².